The van der Waals surface area contributed by atoms with Crippen LogP contribution in [0.5, 0.6) is 5.75 Å². The molecule has 3 heteroatoms. The van der Waals surface area contributed by atoms with Crippen molar-refractivity contribution < 1.29 is 4.74 Å². The van der Waals surface area contributed by atoms with Crippen molar-refractivity contribution >= 4 is 28.8 Å². The van der Waals surface area contributed by atoms with Gasteiger partial charge in [0.05, 0.1) is 24.2 Å². The van der Waals surface area contributed by atoms with Crippen LogP contribution in [0.25, 0.3) is 0 Å². The molecule has 0 N–H and O–H groups in total. The number of benzene rings is 3. The van der Waals surface area contributed by atoms with Crippen molar-refractivity contribution in [2.45, 2.75) is 23.6 Å². The number of aryl methyl sites for hydroxylation is 2. The smallest absolute Gasteiger partial charge is 0.142 e. The molecular formula is C21H19NOS. The molecule has 0 fully saturated rings. The van der Waals surface area contributed by atoms with E-state index in [9.17, 15) is 0 Å². The Kier molecular flexibility index (Phi) is 3.73. The van der Waals surface area contributed by atoms with Crippen molar-refractivity contribution in [3.63, 3.8) is 0 Å². The Balaban J connectivity index is 1.99. The second kappa shape index (κ2) is 5.91. The zero-order valence-electron chi connectivity index (χ0n) is 14.0. The molecule has 0 unspecified atom stereocenters. The van der Waals surface area contributed by atoms with Crippen LogP contribution in [0.2, 0.25) is 0 Å². The second-order valence-corrected chi connectivity index (χ2v) is 7.14. The van der Waals surface area contributed by atoms with E-state index in [4.69, 9.17) is 4.74 Å². The molecule has 0 aromatic heterocycles. The van der Waals surface area contributed by atoms with E-state index in [1.54, 1.807) is 7.11 Å². The van der Waals surface area contributed by atoms with Crippen LogP contribution < -0.4 is 9.64 Å². The fourth-order valence-electron chi connectivity index (χ4n) is 3.10. The SMILES string of the molecule is COc1ccccc1N1c2ccc(C)cc2Sc2cc(C)ccc21. The molecule has 0 aliphatic carbocycles. The summed E-state index contributed by atoms with van der Waals surface area (Å²) in [4.78, 5) is 4.86. The summed E-state index contributed by atoms with van der Waals surface area (Å²) in [6, 6.07) is 21.4. The molecule has 0 spiro atoms. The maximum absolute atomic E-state index is 5.63. The molecule has 0 saturated heterocycles. The molecule has 1 aliphatic rings. The van der Waals surface area contributed by atoms with E-state index in [1.807, 2.05) is 23.9 Å². The Morgan fingerprint density at radius 3 is 1.92 bits per heavy atom. The normalized spacial score (nSPS) is 12.5. The first-order valence-corrected chi connectivity index (χ1v) is 8.81. The van der Waals surface area contributed by atoms with Gasteiger partial charge in [0.25, 0.3) is 0 Å². The minimum absolute atomic E-state index is 0.877. The Morgan fingerprint density at radius 2 is 1.33 bits per heavy atom. The first-order chi connectivity index (χ1) is 11.7. The molecule has 2 nitrogen and oxygen atoms in total. The molecule has 0 amide bonds. The van der Waals surface area contributed by atoms with Gasteiger partial charge in [0.1, 0.15) is 5.75 Å². The Hall–Kier alpha value is -2.39. The fourth-order valence-corrected chi connectivity index (χ4v) is 4.35. The third kappa shape index (κ3) is 2.45. The van der Waals surface area contributed by atoms with Crippen LogP contribution in [-0.2, 0) is 0 Å². The maximum Gasteiger partial charge on any atom is 0.142 e. The molecule has 0 bridgehead atoms. The largest absolute Gasteiger partial charge is 0.495 e. The summed E-state index contributed by atoms with van der Waals surface area (Å²) in [7, 11) is 1.73. The summed E-state index contributed by atoms with van der Waals surface area (Å²) in [5.41, 5.74) is 6.02. The van der Waals surface area contributed by atoms with Gasteiger partial charge in [0, 0.05) is 9.79 Å². The number of anilines is 3. The number of methoxy groups -OCH3 is 1. The number of fused-ring (bicyclic) bond motifs is 2. The third-order valence-corrected chi connectivity index (χ3v) is 5.35. The van der Waals surface area contributed by atoms with Gasteiger partial charge in [-0.3, -0.25) is 0 Å². The Labute approximate surface area is 147 Å². The molecule has 1 aliphatic heterocycles. The van der Waals surface area contributed by atoms with Gasteiger partial charge >= 0.3 is 0 Å². The average Bonchev–Trinajstić information content (AvgIpc) is 2.59. The zero-order chi connectivity index (χ0) is 16.7. The Bertz CT molecular complexity index is 868. The van der Waals surface area contributed by atoms with Gasteiger partial charge in [0.2, 0.25) is 0 Å². The van der Waals surface area contributed by atoms with Crippen molar-refractivity contribution in [1.29, 1.82) is 0 Å². The minimum atomic E-state index is 0.877. The van der Waals surface area contributed by atoms with E-state index in [0.717, 1.165) is 11.4 Å². The summed E-state index contributed by atoms with van der Waals surface area (Å²) in [6.45, 7) is 4.28. The van der Waals surface area contributed by atoms with Crippen molar-refractivity contribution in [3.05, 3.63) is 71.8 Å². The highest BCUT2D eigenvalue weighted by atomic mass is 32.2. The maximum atomic E-state index is 5.63. The standard InChI is InChI=1S/C21H19NOS/c1-14-8-10-17-20(12-14)24-21-13-15(2)9-11-18(21)22(17)16-6-4-5-7-19(16)23-3/h4-13H,1-3H3. The van der Waals surface area contributed by atoms with Crippen molar-refractivity contribution in [1.82, 2.24) is 0 Å². The monoisotopic (exact) mass is 333 g/mol. The van der Waals surface area contributed by atoms with Gasteiger partial charge in [-0.05, 0) is 61.4 Å². The van der Waals surface area contributed by atoms with Crippen LogP contribution >= 0.6 is 11.8 Å². The van der Waals surface area contributed by atoms with Gasteiger partial charge < -0.3 is 9.64 Å². The lowest BCUT2D eigenvalue weighted by Gasteiger charge is -2.34. The molecule has 0 radical (unpaired) electrons. The van der Waals surface area contributed by atoms with Crippen LogP contribution in [0, 0.1) is 13.8 Å². The third-order valence-electron chi connectivity index (χ3n) is 4.26. The number of hydrogen-bond acceptors (Lipinski definition) is 3. The van der Waals surface area contributed by atoms with Crippen LogP contribution in [0.4, 0.5) is 17.1 Å². The van der Waals surface area contributed by atoms with Gasteiger partial charge in [0.15, 0.2) is 0 Å². The number of hydrogen-bond donors (Lipinski definition) is 0. The van der Waals surface area contributed by atoms with E-state index in [0.29, 0.717) is 0 Å². The lowest BCUT2D eigenvalue weighted by Crippen LogP contribution is -2.15. The number of nitrogens with zero attached hydrogens (tertiary/aromatic N) is 1. The average molecular weight is 333 g/mol. The molecule has 1 heterocycles. The number of para-hydroxylation sites is 2. The summed E-state index contributed by atoms with van der Waals surface area (Å²) < 4.78 is 5.63. The number of rotatable bonds is 2. The lowest BCUT2D eigenvalue weighted by atomic mass is 10.1. The number of ether oxygens (including phenoxy) is 1. The molecule has 3 aromatic rings. The van der Waals surface area contributed by atoms with Crippen LogP contribution in [0.1, 0.15) is 11.1 Å². The van der Waals surface area contributed by atoms with Gasteiger partial charge in [-0.1, -0.05) is 36.0 Å². The van der Waals surface area contributed by atoms with Crippen molar-refractivity contribution in [2.24, 2.45) is 0 Å². The zero-order valence-corrected chi connectivity index (χ0v) is 14.9. The van der Waals surface area contributed by atoms with E-state index in [-0.39, 0.29) is 0 Å². The molecular weight excluding hydrogens is 314 g/mol. The molecule has 0 atom stereocenters. The highest BCUT2D eigenvalue weighted by Crippen LogP contribution is 2.53. The van der Waals surface area contributed by atoms with Crippen molar-refractivity contribution in [3.8, 4) is 5.75 Å². The highest BCUT2D eigenvalue weighted by Gasteiger charge is 2.26. The van der Waals surface area contributed by atoms with Crippen LogP contribution in [0.3, 0.4) is 0 Å². The van der Waals surface area contributed by atoms with Gasteiger partial charge in [-0.2, -0.15) is 0 Å². The topological polar surface area (TPSA) is 12.5 Å². The first-order valence-electron chi connectivity index (χ1n) is 7.99. The molecule has 24 heavy (non-hydrogen) atoms. The second-order valence-electron chi connectivity index (χ2n) is 6.05. The molecule has 4 rings (SSSR count). The summed E-state index contributed by atoms with van der Waals surface area (Å²) in [5.74, 6) is 0.877. The summed E-state index contributed by atoms with van der Waals surface area (Å²) in [5, 5.41) is 0. The summed E-state index contributed by atoms with van der Waals surface area (Å²) in [6.07, 6.45) is 0. The highest BCUT2D eigenvalue weighted by molar-refractivity contribution is 7.99. The van der Waals surface area contributed by atoms with E-state index in [2.05, 4.69) is 67.3 Å². The quantitative estimate of drug-likeness (QED) is 0.430. The molecule has 3 aromatic carbocycles. The lowest BCUT2D eigenvalue weighted by molar-refractivity contribution is 0.416. The Morgan fingerprint density at radius 1 is 0.750 bits per heavy atom. The first kappa shape index (κ1) is 15.2. The van der Waals surface area contributed by atoms with E-state index >= 15 is 0 Å². The summed E-state index contributed by atoms with van der Waals surface area (Å²) >= 11 is 1.84. The van der Waals surface area contributed by atoms with E-state index < -0.39 is 0 Å². The predicted octanol–water partition coefficient (Wildman–Crippen LogP) is 6.25. The van der Waals surface area contributed by atoms with Gasteiger partial charge in [-0.15, -0.1) is 0 Å². The van der Waals surface area contributed by atoms with Crippen LogP contribution in [-0.4, -0.2) is 7.11 Å². The minimum Gasteiger partial charge on any atom is -0.495 e. The van der Waals surface area contributed by atoms with Gasteiger partial charge in [-0.25, -0.2) is 0 Å². The molecule has 120 valence electrons. The predicted molar refractivity (Wildman–Crippen MR) is 101 cm³/mol. The molecule has 0 saturated carbocycles. The fraction of sp³-hybridized carbons (Fsp3) is 0.143. The van der Waals surface area contributed by atoms with E-state index in [1.165, 1.54) is 32.3 Å². The van der Waals surface area contributed by atoms with Crippen LogP contribution in [0.15, 0.2) is 70.5 Å². The van der Waals surface area contributed by atoms with Crippen molar-refractivity contribution in [2.75, 3.05) is 12.0 Å².